The maximum absolute atomic E-state index is 11.7. The summed E-state index contributed by atoms with van der Waals surface area (Å²) in [5, 5.41) is 7.18. The molecule has 1 N–H and O–H groups in total. The zero-order chi connectivity index (χ0) is 12.5. The van der Waals surface area contributed by atoms with E-state index in [1.54, 1.807) is 10.9 Å². The smallest absolute Gasteiger partial charge is 0.154 e. The highest BCUT2D eigenvalue weighted by Crippen LogP contribution is 2.20. The number of aryl methyl sites for hydroxylation is 1. The van der Waals surface area contributed by atoms with E-state index in [9.17, 15) is 8.42 Å². The van der Waals surface area contributed by atoms with Crippen molar-refractivity contribution < 1.29 is 8.42 Å². The molecule has 0 amide bonds. The van der Waals surface area contributed by atoms with E-state index >= 15 is 0 Å². The van der Waals surface area contributed by atoms with Gasteiger partial charge in [-0.2, -0.15) is 5.10 Å². The van der Waals surface area contributed by atoms with Gasteiger partial charge in [0.2, 0.25) is 0 Å². The summed E-state index contributed by atoms with van der Waals surface area (Å²) in [6.45, 7) is 2.56. The molecule has 1 aromatic heterocycles. The first-order chi connectivity index (χ1) is 8.00. The Morgan fingerprint density at radius 1 is 1.65 bits per heavy atom. The van der Waals surface area contributed by atoms with Crippen molar-refractivity contribution in [3.63, 3.8) is 0 Å². The van der Waals surface area contributed by atoms with Gasteiger partial charge in [-0.05, 0) is 25.8 Å². The summed E-state index contributed by atoms with van der Waals surface area (Å²) in [5.41, 5.74) is 1.07. The normalized spacial score (nSPS) is 24.9. The molecule has 2 heterocycles. The standard InChI is InChI=1S/C11H19N3O2S/c1-9(11-5-6-13-14(11)2)12-8-10-4-3-7-17(10,15)16/h5-6,9-10,12H,3-4,7-8H2,1-2H3. The minimum Gasteiger partial charge on any atom is -0.308 e. The molecule has 5 nitrogen and oxygen atoms in total. The molecule has 1 aliphatic heterocycles. The van der Waals surface area contributed by atoms with Gasteiger partial charge in [0, 0.05) is 25.8 Å². The van der Waals surface area contributed by atoms with Crippen molar-refractivity contribution in [3.05, 3.63) is 18.0 Å². The van der Waals surface area contributed by atoms with E-state index in [0.29, 0.717) is 12.3 Å². The molecule has 1 saturated heterocycles. The summed E-state index contributed by atoms with van der Waals surface area (Å²) in [4.78, 5) is 0. The molecule has 1 aromatic rings. The predicted octanol–water partition coefficient (Wildman–Crippen LogP) is 0.648. The number of nitrogens with one attached hydrogen (secondary N) is 1. The zero-order valence-corrected chi connectivity index (χ0v) is 11.1. The Morgan fingerprint density at radius 3 is 2.94 bits per heavy atom. The van der Waals surface area contributed by atoms with Crippen LogP contribution >= 0.6 is 0 Å². The van der Waals surface area contributed by atoms with Crippen molar-refractivity contribution in [2.45, 2.75) is 31.1 Å². The van der Waals surface area contributed by atoms with Crippen LogP contribution in [0.25, 0.3) is 0 Å². The average molecular weight is 257 g/mol. The molecule has 0 aromatic carbocycles. The minimum absolute atomic E-state index is 0.123. The molecule has 0 spiro atoms. The van der Waals surface area contributed by atoms with Crippen LogP contribution in [0.4, 0.5) is 0 Å². The maximum atomic E-state index is 11.7. The third-order valence-electron chi connectivity index (χ3n) is 3.42. The first kappa shape index (κ1) is 12.6. The SMILES string of the molecule is CC(NCC1CCCS1(=O)=O)c1ccnn1C. The van der Waals surface area contributed by atoms with Crippen LogP contribution in [-0.4, -0.2) is 35.7 Å². The lowest BCUT2D eigenvalue weighted by Gasteiger charge is -2.17. The molecule has 2 unspecified atom stereocenters. The predicted molar refractivity (Wildman–Crippen MR) is 66.4 cm³/mol. The second-order valence-electron chi connectivity index (χ2n) is 4.64. The molecular formula is C11H19N3O2S. The second kappa shape index (κ2) is 4.78. The largest absolute Gasteiger partial charge is 0.308 e. The zero-order valence-electron chi connectivity index (χ0n) is 10.3. The van der Waals surface area contributed by atoms with Crippen LogP contribution in [0.1, 0.15) is 31.5 Å². The van der Waals surface area contributed by atoms with Crippen molar-refractivity contribution in [2.24, 2.45) is 7.05 Å². The van der Waals surface area contributed by atoms with Gasteiger partial charge in [0.15, 0.2) is 9.84 Å². The van der Waals surface area contributed by atoms with Crippen molar-refractivity contribution in [1.82, 2.24) is 15.1 Å². The Kier molecular flexibility index (Phi) is 3.53. The molecule has 2 atom stereocenters. The van der Waals surface area contributed by atoms with Gasteiger partial charge in [0.1, 0.15) is 0 Å². The Morgan fingerprint density at radius 2 is 2.41 bits per heavy atom. The fourth-order valence-corrected chi connectivity index (χ4v) is 4.09. The fraction of sp³-hybridized carbons (Fsp3) is 0.727. The van der Waals surface area contributed by atoms with Crippen LogP contribution in [0.5, 0.6) is 0 Å². The van der Waals surface area contributed by atoms with E-state index in [2.05, 4.69) is 10.4 Å². The fourth-order valence-electron chi connectivity index (χ4n) is 2.31. The van der Waals surface area contributed by atoms with E-state index < -0.39 is 9.84 Å². The molecule has 1 aliphatic rings. The van der Waals surface area contributed by atoms with E-state index in [-0.39, 0.29) is 11.3 Å². The first-order valence-electron chi connectivity index (χ1n) is 5.93. The molecule has 0 bridgehead atoms. The monoisotopic (exact) mass is 257 g/mol. The van der Waals surface area contributed by atoms with Crippen molar-refractivity contribution >= 4 is 9.84 Å². The Hall–Kier alpha value is -0.880. The van der Waals surface area contributed by atoms with Gasteiger partial charge in [-0.1, -0.05) is 0 Å². The summed E-state index contributed by atoms with van der Waals surface area (Å²) >= 11 is 0. The highest BCUT2D eigenvalue weighted by Gasteiger charge is 2.31. The van der Waals surface area contributed by atoms with Crippen molar-refractivity contribution in [2.75, 3.05) is 12.3 Å². The van der Waals surface area contributed by atoms with Crippen molar-refractivity contribution in [3.8, 4) is 0 Å². The third kappa shape index (κ3) is 2.69. The van der Waals surface area contributed by atoms with E-state index in [0.717, 1.165) is 18.5 Å². The van der Waals surface area contributed by atoms with Gasteiger partial charge in [-0.15, -0.1) is 0 Å². The molecule has 17 heavy (non-hydrogen) atoms. The lowest BCUT2D eigenvalue weighted by atomic mass is 10.2. The third-order valence-corrected chi connectivity index (χ3v) is 5.69. The van der Waals surface area contributed by atoms with Gasteiger partial charge in [0.05, 0.1) is 16.7 Å². The maximum Gasteiger partial charge on any atom is 0.154 e. The van der Waals surface area contributed by atoms with Crippen LogP contribution in [-0.2, 0) is 16.9 Å². The number of hydrogen-bond acceptors (Lipinski definition) is 4. The van der Waals surface area contributed by atoms with E-state index in [4.69, 9.17) is 0 Å². The van der Waals surface area contributed by atoms with Gasteiger partial charge in [-0.3, -0.25) is 4.68 Å². The van der Waals surface area contributed by atoms with Gasteiger partial charge < -0.3 is 5.32 Å². The average Bonchev–Trinajstić information content (AvgIpc) is 2.81. The molecule has 6 heteroatoms. The van der Waals surface area contributed by atoms with Gasteiger partial charge in [-0.25, -0.2) is 8.42 Å². The Labute approximate surface area is 102 Å². The van der Waals surface area contributed by atoms with E-state index in [1.165, 1.54) is 0 Å². The number of sulfone groups is 1. The summed E-state index contributed by atoms with van der Waals surface area (Å²) < 4.78 is 25.1. The van der Waals surface area contributed by atoms with Gasteiger partial charge >= 0.3 is 0 Å². The highest BCUT2D eigenvalue weighted by molar-refractivity contribution is 7.92. The molecule has 2 rings (SSSR count). The Bertz CT molecular complexity index is 481. The summed E-state index contributed by atoms with van der Waals surface area (Å²) in [5.74, 6) is 0.347. The van der Waals surface area contributed by atoms with Crippen LogP contribution in [0.15, 0.2) is 12.3 Å². The Balaban J connectivity index is 1.93. The van der Waals surface area contributed by atoms with Gasteiger partial charge in [0.25, 0.3) is 0 Å². The second-order valence-corrected chi connectivity index (χ2v) is 7.04. The quantitative estimate of drug-likeness (QED) is 0.860. The van der Waals surface area contributed by atoms with Crippen LogP contribution in [0, 0.1) is 0 Å². The number of hydrogen-bond donors (Lipinski definition) is 1. The topological polar surface area (TPSA) is 64.0 Å². The summed E-state index contributed by atoms with van der Waals surface area (Å²) in [7, 11) is -0.958. The summed E-state index contributed by atoms with van der Waals surface area (Å²) in [6.07, 6.45) is 3.34. The number of rotatable bonds is 4. The van der Waals surface area contributed by atoms with Crippen LogP contribution in [0.3, 0.4) is 0 Å². The first-order valence-corrected chi connectivity index (χ1v) is 7.65. The minimum atomic E-state index is -2.85. The number of aromatic nitrogens is 2. The van der Waals surface area contributed by atoms with Crippen LogP contribution < -0.4 is 5.32 Å². The highest BCUT2D eigenvalue weighted by atomic mass is 32.2. The van der Waals surface area contributed by atoms with Crippen molar-refractivity contribution in [1.29, 1.82) is 0 Å². The number of nitrogens with zero attached hydrogens (tertiary/aromatic N) is 2. The molecule has 96 valence electrons. The molecule has 0 saturated carbocycles. The van der Waals surface area contributed by atoms with Crippen LogP contribution in [0.2, 0.25) is 0 Å². The lowest BCUT2D eigenvalue weighted by Crippen LogP contribution is -2.32. The molecule has 0 radical (unpaired) electrons. The molecular weight excluding hydrogens is 238 g/mol. The molecule has 0 aliphatic carbocycles. The molecule has 1 fully saturated rings. The van der Waals surface area contributed by atoms with E-state index in [1.807, 2.05) is 20.0 Å². The summed E-state index contributed by atoms with van der Waals surface area (Å²) in [6, 6.07) is 2.07. The lowest BCUT2D eigenvalue weighted by molar-refractivity contribution is 0.512.